The largest absolute Gasteiger partial charge is 0.454 e. The lowest BCUT2D eigenvalue weighted by atomic mass is 10.1. The van der Waals surface area contributed by atoms with Gasteiger partial charge in [-0.05, 0) is 25.1 Å². The van der Waals surface area contributed by atoms with E-state index in [-0.39, 0.29) is 19.1 Å². The molecule has 26 heavy (non-hydrogen) atoms. The molecule has 1 amide bonds. The van der Waals surface area contributed by atoms with Crippen molar-refractivity contribution in [2.45, 2.75) is 25.6 Å². The monoisotopic (exact) mass is 374 g/mol. The zero-order chi connectivity index (χ0) is 18.1. The van der Waals surface area contributed by atoms with Crippen molar-refractivity contribution in [2.24, 2.45) is 4.99 Å². The fraction of sp³-hybridized carbons (Fsp3) is 0.353. The summed E-state index contributed by atoms with van der Waals surface area (Å²) in [6.45, 7) is 2.40. The average molecular weight is 374 g/mol. The van der Waals surface area contributed by atoms with Gasteiger partial charge in [-0.1, -0.05) is 0 Å². The van der Waals surface area contributed by atoms with Gasteiger partial charge in [0.2, 0.25) is 12.7 Å². The minimum absolute atomic E-state index is 0.108. The number of hydroxylamine groups is 2. The SMILES string of the molecule is CN1OC(C)(CC(=O)NCc2nccs2)N=C1c1ccc2c(c1)OCO2. The molecule has 2 aliphatic rings. The molecule has 0 bridgehead atoms. The topological polar surface area (TPSA) is 85.3 Å². The van der Waals surface area contributed by atoms with Gasteiger partial charge in [0.05, 0.1) is 13.0 Å². The number of amidine groups is 1. The molecule has 0 radical (unpaired) electrons. The molecule has 1 aromatic heterocycles. The first kappa shape index (κ1) is 16.8. The molecule has 2 aromatic rings. The van der Waals surface area contributed by atoms with E-state index in [4.69, 9.17) is 14.3 Å². The summed E-state index contributed by atoms with van der Waals surface area (Å²) in [7, 11) is 1.77. The molecule has 136 valence electrons. The van der Waals surface area contributed by atoms with Gasteiger partial charge in [0.1, 0.15) is 5.01 Å². The Morgan fingerprint density at radius 2 is 2.23 bits per heavy atom. The van der Waals surface area contributed by atoms with E-state index in [1.165, 1.54) is 11.3 Å². The predicted molar refractivity (Wildman–Crippen MR) is 94.9 cm³/mol. The van der Waals surface area contributed by atoms with E-state index in [2.05, 4.69) is 15.3 Å². The fourth-order valence-electron chi connectivity index (χ4n) is 2.88. The van der Waals surface area contributed by atoms with Gasteiger partial charge in [0, 0.05) is 24.2 Å². The van der Waals surface area contributed by atoms with Gasteiger partial charge in [-0.3, -0.25) is 4.79 Å². The first-order valence-electron chi connectivity index (χ1n) is 8.10. The standard InChI is InChI=1S/C17H18N4O4S/c1-17(8-14(22)19-9-15-18-5-6-26-15)20-16(21(2)25-17)11-3-4-12-13(7-11)24-10-23-12/h3-7H,8-10H2,1-2H3,(H,19,22). The molecule has 2 aliphatic heterocycles. The van der Waals surface area contributed by atoms with Gasteiger partial charge in [-0.25, -0.2) is 19.9 Å². The number of amides is 1. The van der Waals surface area contributed by atoms with Crippen molar-refractivity contribution in [3.8, 4) is 11.5 Å². The van der Waals surface area contributed by atoms with Crippen molar-refractivity contribution in [3.05, 3.63) is 40.3 Å². The number of ether oxygens (including phenoxy) is 2. The van der Waals surface area contributed by atoms with E-state index in [1.54, 1.807) is 25.2 Å². The molecule has 1 unspecified atom stereocenters. The Morgan fingerprint density at radius 1 is 1.38 bits per heavy atom. The highest BCUT2D eigenvalue weighted by Gasteiger charge is 2.38. The second kappa shape index (κ2) is 6.58. The summed E-state index contributed by atoms with van der Waals surface area (Å²) in [6, 6.07) is 5.58. The lowest BCUT2D eigenvalue weighted by molar-refractivity contribution is -0.166. The van der Waals surface area contributed by atoms with E-state index in [1.807, 2.05) is 23.6 Å². The highest BCUT2D eigenvalue weighted by atomic mass is 32.1. The van der Waals surface area contributed by atoms with Crippen molar-refractivity contribution in [1.82, 2.24) is 15.4 Å². The Labute approximate surface area is 154 Å². The third-order valence-electron chi connectivity index (χ3n) is 4.01. The van der Waals surface area contributed by atoms with Crippen LogP contribution in [0.15, 0.2) is 34.8 Å². The molecule has 9 heteroatoms. The van der Waals surface area contributed by atoms with Gasteiger partial charge < -0.3 is 14.8 Å². The van der Waals surface area contributed by atoms with Crippen LogP contribution in [0.5, 0.6) is 11.5 Å². The quantitative estimate of drug-likeness (QED) is 0.861. The van der Waals surface area contributed by atoms with Gasteiger partial charge in [-0.15, -0.1) is 11.3 Å². The molecule has 0 spiro atoms. The van der Waals surface area contributed by atoms with E-state index < -0.39 is 5.72 Å². The van der Waals surface area contributed by atoms with E-state index in [9.17, 15) is 4.79 Å². The van der Waals surface area contributed by atoms with Crippen molar-refractivity contribution in [1.29, 1.82) is 0 Å². The molecular formula is C17H18N4O4S. The van der Waals surface area contributed by atoms with Crippen LogP contribution in [0, 0.1) is 0 Å². The second-order valence-corrected chi connectivity index (χ2v) is 7.13. The Kier molecular flexibility index (Phi) is 4.25. The third kappa shape index (κ3) is 3.35. The molecule has 0 saturated heterocycles. The first-order valence-corrected chi connectivity index (χ1v) is 8.98. The zero-order valence-electron chi connectivity index (χ0n) is 14.4. The number of rotatable bonds is 5. The lowest BCUT2D eigenvalue weighted by Crippen LogP contribution is -2.35. The number of aliphatic imine (C=N–C) groups is 1. The molecule has 3 heterocycles. The smallest absolute Gasteiger partial charge is 0.231 e. The van der Waals surface area contributed by atoms with Gasteiger partial charge in [0.15, 0.2) is 23.1 Å². The van der Waals surface area contributed by atoms with E-state index >= 15 is 0 Å². The van der Waals surface area contributed by atoms with E-state index in [0.29, 0.717) is 23.9 Å². The number of nitrogens with one attached hydrogen (secondary N) is 1. The maximum absolute atomic E-state index is 12.3. The number of aromatic nitrogens is 1. The summed E-state index contributed by atoms with van der Waals surface area (Å²) in [5, 5.41) is 7.15. The number of benzene rings is 1. The first-order chi connectivity index (χ1) is 12.5. The Bertz CT molecular complexity index is 854. The van der Waals surface area contributed by atoms with Crippen LogP contribution in [-0.4, -0.2) is 41.4 Å². The normalized spacial score (nSPS) is 21.0. The summed E-state index contributed by atoms with van der Waals surface area (Å²) in [6.07, 6.45) is 1.82. The van der Waals surface area contributed by atoms with Gasteiger partial charge in [0.25, 0.3) is 0 Å². The van der Waals surface area contributed by atoms with Crippen LogP contribution in [-0.2, 0) is 16.2 Å². The summed E-state index contributed by atoms with van der Waals surface area (Å²) in [5.74, 6) is 1.87. The van der Waals surface area contributed by atoms with Crippen LogP contribution < -0.4 is 14.8 Å². The summed E-state index contributed by atoms with van der Waals surface area (Å²) in [5.41, 5.74) is -0.128. The third-order valence-corrected chi connectivity index (χ3v) is 4.79. The van der Waals surface area contributed by atoms with Crippen molar-refractivity contribution in [3.63, 3.8) is 0 Å². The van der Waals surface area contributed by atoms with Crippen LogP contribution >= 0.6 is 11.3 Å². The molecule has 0 fully saturated rings. The van der Waals surface area contributed by atoms with Crippen LogP contribution in [0.3, 0.4) is 0 Å². The molecule has 1 aromatic carbocycles. The Balaban J connectivity index is 1.46. The minimum atomic E-state index is -0.965. The number of hydrogen-bond acceptors (Lipinski definition) is 8. The van der Waals surface area contributed by atoms with Crippen LogP contribution in [0.25, 0.3) is 0 Å². The van der Waals surface area contributed by atoms with Crippen LogP contribution in [0.2, 0.25) is 0 Å². The summed E-state index contributed by atoms with van der Waals surface area (Å²) in [4.78, 5) is 26.9. The summed E-state index contributed by atoms with van der Waals surface area (Å²) >= 11 is 1.50. The highest BCUT2D eigenvalue weighted by molar-refractivity contribution is 7.09. The minimum Gasteiger partial charge on any atom is -0.454 e. The average Bonchev–Trinajstić information content (AvgIpc) is 3.32. The molecule has 0 saturated carbocycles. The fourth-order valence-corrected chi connectivity index (χ4v) is 3.44. The Morgan fingerprint density at radius 3 is 3.04 bits per heavy atom. The number of fused-ring (bicyclic) bond motifs is 1. The number of nitrogens with zero attached hydrogens (tertiary/aromatic N) is 3. The van der Waals surface area contributed by atoms with Crippen LogP contribution in [0.4, 0.5) is 0 Å². The van der Waals surface area contributed by atoms with Gasteiger partial charge >= 0.3 is 0 Å². The maximum Gasteiger partial charge on any atom is 0.231 e. The Hall–Kier alpha value is -2.65. The lowest BCUT2D eigenvalue weighted by Gasteiger charge is -2.21. The second-order valence-electron chi connectivity index (χ2n) is 6.15. The zero-order valence-corrected chi connectivity index (χ0v) is 15.2. The van der Waals surface area contributed by atoms with Crippen molar-refractivity contribution in [2.75, 3.05) is 13.8 Å². The maximum atomic E-state index is 12.3. The molecule has 8 nitrogen and oxygen atoms in total. The van der Waals surface area contributed by atoms with Gasteiger partial charge in [-0.2, -0.15) is 0 Å². The molecule has 1 N–H and O–H groups in total. The van der Waals surface area contributed by atoms with Crippen LogP contribution in [0.1, 0.15) is 23.9 Å². The van der Waals surface area contributed by atoms with Crippen molar-refractivity contribution < 1.29 is 19.1 Å². The molecule has 4 rings (SSSR count). The van der Waals surface area contributed by atoms with E-state index in [0.717, 1.165) is 10.6 Å². The number of carbonyl (C=O) groups is 1. The summed E-state index contributed by atoms with van der Waals surface area (Å²) < 4.78 is 10.7. The highest BCUT2D eigenvalue weighted by Crippen LogP contribution is 2.35. The number of thiazole rings is 1. The predicted octanol–water partition coefficient (Wildman–Crippen LogP) is 1.92. The molecular weight excluding hydrogens is 356 g/mol. The number of carbonyl (C=O) groups excluding carboxylic acids is 1. The molecule has 0 aliphatic carbocycles. The van der Waals surface area contributed by atoms with Crippen molar-refractivity contribution >= 4 is 23.1 Å². The molecule has 1 atom stereocenters. The number of hydrogen-bond donors (Lipinski definition) is 1.